The standard InChI is InChI=1S/C21H29NO4/c1-14-8-9-17(12-16(14)3)19(23)10-11-21(25)26-13-20(24)22-18-7-5-4-6-15(18)2/h8-9,12,15,18H,4-7,10-11,13H2,1-3H3,(H,22,24)/t15-,18-/m0/s1. The predicted molar refractivity (Wildman–Crippen MR) is 100 cm³/mol. The Hall–Kier alpha value is -2.17. The fourth-order valence-corrected chi connectivity index (χ4v) is 3.27. The van der Waals surface area contributed by atoms with Crippen molar-refractivity contribution in [2.75, 3.05) is 6.61 Å². The molecule has 1 N–H and O–H groups in total. The average molecular weight is 359 g/mol. The first kappa shape index (κ1) is 20.1. The maximum atomic E-state index is 12.2. The van der Waals surface area contributed by atoms with E-state index < -0.39 is 5.97 Å². The van der Waals surface area contributed by atoms with Gasteiger partial charge in [0.1, 0.15) is 0 Å². The molecule has 1 aromatic rings. The summed E-state index contributed by atoms with van der Waals surface area (Å²) in [7, 11) is 0. The van der Waals surface area contributed by atoms with Crippen LogP contribution in [0.3, 0.4) is 0 Å². The zero-order valence-corrected chi connectivity index (χ0v) is 16.0. The van der Waals surface area contributed by atoms with Gasteiger partial charge in [-0.3, -0.25) is 14.4 Å². The van der Waals surface area contributed by atoms with Crippen molar-refractivity contribution in [2.24, 2.45) is 5.92 Å². The Morgan fingerprint density at radius 1 is 1.08 bits per heavy atom. The molecule has 5 heteroatoms. The molecule has 0 unspecified atom stereocenters. The molecule has 0 aromatic heterocycles. The third kappa shape index (κ3) is 5.97. The average Bonchev–Trinajstić information content (AvgIpc) is 2.62. The fraction of sp³-hybridized carbons (Fsp3) is 0.571. The highest BCUT2D eigenvalue weighted by molar-refractivity contribution is 5.97. The first-order chi connectivity index (χ1) is 12.4. The van der Waals surface area contributed by atoms with Crippen molar-refractivity contribution >= 4 is 17.7 Å². The highest BCUT2D eigenvalue weighted by Gasteiger charge is 2.23. The molecule has 1 aliphatic rings. The molecule has 26 heavy (non-hydrogen) atoms. The summed E-state index contributed by atoms with van der Waals surface area (Å²) in [5, 5.41) is 2.94. The molecule has 2 atom stereocenters. The molecule has 1 fully saturated rings. The highest BCUT2D eigenvalue weighted by Crippen LogP contribution is 2.23. The number of aryl methyl sites for hydroxylation is 2. The van der Waals surface area contributed by atoms with Crippen LogP contribution in [0.25, 0.3) is 0 Å². The molecule has 5 nitrogen and oxygen atoms in total. The van der Waals surface area contributed by atoms with Crippen molar-refractivity contribution < 1.29 is 19.1 Å². The second kappa shape index (κ2) is 9.51. The van der Waals surface area contributed by atoms with Gasteiger partial charge in [0.15, 0.2) is 12.4 Å². The molecule has 1 aromatic carbocycles. The normalized spacial score (nSPS) is 19.7. The third-order valence-corrected chi connectivity index (χ3v) is 5.21. The fourth-order valence-electron chi connectivity index (χ4n) is 3.27. The number of rotatable bonds is 7. The van der Waals surface area contributed by atoms with Gasteiger partial charge in [-0.15, -0.1) is 0 Å². The Bertz CT molecular complexity index is 668. The topological polar surface area (TPSA) is 72.5 Å². The van der Waals surface area contributed by atoms with E-state index in [9.17, 15) is 14.4 Å². The van der Waals surface area contributed by atoms with Crippen LogP contribution in [0.15, 0.2) is 18.2 Å². The summed E-state index contributed by atoms with van der Waals surface area (Å²) >= 11 is 0. The molecule has 0 spiro atoms. The molecule has 0 radical (unpaired) electrons. The Kier molecular flexibility index (Phi) is 7.37. The number of nitrogens with one attached hydrogen (secondary N) is 1. The lowest BCUT2D eigenvalue weighted by molar-refractivity contribution is -0.148. The van der Waals surface area contributed by atoms with Gasteiger partial charge in [-0.25, -0.2) is 0 Å². The van der Waals surface area contributed by atoms with Crippen LogP contribution in [0.1, 0.15) is 66.9 Å². The van der Waals surface area contributed by atoms with E-state index >= 15 is 0 Å². The molecule has 2 rings (SSSR count). The van der Waals surface area contributed by atoms with Gasteiger partial charge in [-0.05, 0) is 49.8 Å². The monoisotopic (exact) mass is 359 g/mol. The van der Waals surface area contributed by atoms with E-state index in [4.69, 9.17) is 4.74 Å². The lowest BCUT2D eigenvalue weighted by atomic mass is 9.86. The van der Waals surface area contributed by atoms with Crippen molar-refractivity contribution in [3.8, 4) is 0 Å². The summed E-state index contributed by atoms with van der Waals surface area (Å²) < 4.78 is 5.01. The molecule has 0 bridgehead atoms. The number of hydrogen-bond donors (Lipinski definition) is 1. The van der Waals surface area contributed by atoms with Crippen LogP contribution < -0.4 is 5.32 Å². The molecule has 142 valence electrons. The molecular formula is C21H29NO4. The maximum Gasteiger partial charge on any atom is 0.306 e. The Labute approximate surface area is 155 Å². The number of ketones is 1. The van der Waals surface area contributed by atoms with Crippen molar-refractivity contribution in [1.29, 1.82) is 0 Å². The van der Waals surface area contributed by atoms with Crippen LogP contribution in [-0.4, -0.2) is 30.3 Å². The molecular weight excluding hydrogens is 330 g/mol. The number of carbonyl (C=O) groups is 3. The van der Waals surface area contributed by atoms with Gasteiger partial charge in [-0.1, -0.05) is 31.9 Å². The Morgan fingerprint density at radius 2 is 1.81 bits per heavy atom. The van der Waals surface area contributed by atoms with Gasteiger partial charge < -0.3 is 10.1 Å². The minimum absolute atomic E-state index is 0.0150. The number of amides is 1. The van der Waals surface area contributed by atoms with E-state index in [-0.39, 0.29) is 37.2 Å². The minimum Gasteiger partial charge on any atom is -0.456 e. The van der Waals surface area contributed by atoms with Gasteiger partial charge in [-0.2, -0.15) is 0 Å². The molecule has 0 aliphatic heterocycles. The lowest BCUT2D eigenvalue weighted by Crippen LogP contribution is -2.42. The zero-order chi connectivity index (χ0) is 19.1. The van der Waals surface area contributed by atoms with Gasteiger partial charge >= 0.3 is 5.97 Å². The van der Waals surface area contributed by atoms with Crippen molar-refractivity contribution in [3.63, 3.8) is 0 Å². The number of hydrogen-bond acceptors (Lipinski definition) is 4. The van der Waals surface area contributed by atoms with E-state index in [0.29, 0.717) is 11.5 Å². The quantitative estimate of drug-likeness (QED) is 0.597. The van der Waals surface area contributed by atoms with Crippen molar-refractivity contribution in [1.82, 2.24) is 5.32 Å². The van der Waals surface area contributed by atoms with Crippen molar-refractivity contribution in [3.05, 3.63) is 34.9 Å². The van der Waals surface area contributed by atoms with E-state index in [0.717, 1.165) is 30.4 Å². The van der Waals surface area contributed by atoms with Crippen LogP contribution in [-0.2, 0) is 14.3 Å². The number of Topliss-reactive ketones (excluding diaryl/α,β-unsaturated/α-hetero) is 1. The zero-order valence-electron chi connectivity index (χ0n) is 16.0. The molecule has 1 aliphatic carbocycles. The van der Waals surface area contributed by atoms with Gasteiger partial charge in [0, 0.05) is 18.0 Å². The number of carbonyl (C=O) groups excluding carboxylic acids is 3. The van der Waals surface area contributed by atoms with E-state index in [1.165, 1.54) is 6.42 Å². The molecule has 0 heterocycles. The number of ether oxygens (including phenoxy) is 1. The maximum absolute atomic E-state index is 12.2. The van der Waals surface area contributed by atoms with E-state index in [1.807, 2.05) is 26.0 Å². The summed E-state index contributed by atoms with van der Waals surface area (Å²) in [4.78, 5) is 35.9. The summed E-state index contributed by atoms with van der Waals surface area (Å²) in [6.45, 7) is 5.79. The van der Waals surface area contributed by atoms with Crippen molar-refractivity contribution in [2.45, 2.75) is 65.3 Å². The van der Waals surface area contributed by atoms with Gasteiger partial charge in [0.2, 0.25) is 0 Å². The molecule has 1 saturated carbocycles. The van der Waals surface area contributed by atoms with Gasteiger partial charge in [0.25, 0.3) is 5.91 Å². The number of benzene rings is 1. The summed E-state index contributed by atoms with van der Waals surface area (Å²) in [5.74, 6) is -0.420. The third-order valence-electron chi connectivity index (χ3n) is 5.21. The largest absolute Gasteiger partial charge is 0.456 e. The van der Waals surface area contributed by atoms with Crippen LogP contribution in [0.4, 0.5) is 0 Å². The van der Waals surface area contributed by atoms with Crippen LogP contribution in [0.5, 0.6) is 0 Å². The highest BCUT2D eigenvalue weighted by atomic mass is 16.5. The first-order valence-corrected chi connectivity index (χ1v) is 9.42. The van der Waals surface area contributed by atoms with Crippen LogP contribution in [0.2, 0.25) is 0 Å². The lowest BCUT2D eigenvalue weighted by Gasteiger charge is -2.29. The van der Waals surface area contributed by atoms with Crippen LogP contribution >= 0.6 is 0 Å². The Morgan fingerprint density at radius 3 is 2.50 bits per heavy atom. The molecule has 1 amide bonds. The van der Waals surface area contributed by atoms with E-state index in [2.05, 4.69) is 12.2 Å². The first-order valence-electron chi connectivity index (χ1n) is 9.42. The number of esters is 1. The predicted octanol–water partition coefficient (Wildman–Crippen LogP) is 3.50. The molecule has 0 saturated heterocycles. The second-order valence-electron chi connectivity index (χ2n) is 7.32. The van der Waals surface area contributed by atoms with Gasteiger partial charge in [0.05, 0.1) is 6.42 Å². The minimum atomic E-state index is -0.519. The summed E-state index contributed by atoms with van der Waals surface area (Å²) in [6, 6.07) is 5.68. The Balaban J connectivity index is 1.70. The SMILES string of the molecule is Cc1ccc(C(=O)CCC(=O)OCC(=O)N[C@H]2CCCC[C@@H]2C)cc1C. The smallest absolute Gasteiger partial charge is 0.306 e. The van der Waals surface area contributed by atoms with E-state index in [1.54, 1.807) is 6.07 Å². The summed E-state index contributed by atoms with van der Waals surface area (Å²) in [6.07, 6.45) is 4.49. The second-order valence-corrected chi connectivity index (χ2v) is 7.32. The summed E-state index contributed by atoms with van der Waals surface area (Å²) in [5.41, 5.74) is 2.77. The van der Waals surface area contributed by atoms with Crippen LogP contribution in [0, 0.1) is 19.8 Å².